The molecule has 2 aromatic rings. The molecule has 0 amide bonds. The van der Waals surface area contributed by atoms with E-state index < -0.39 is 0 Å². The van der Waals surface area contributed by atoms with Gasteiger partial charge in [0.1, 0.15) is 0 Å². The predicted octanol–water partition coefficient (Wildman–Crippen LogP) is 5.66. The monoisotopic (exact) mass is 268 g/mol. The van der Waals surface area contributed by atoms with Crippen LogP contribution in [0.2, 0.25) is 0 Å². The first-order valence-electron chi connectivity index (χ1n) is 7.18. The molecule has 1 aliphatic carbocycles. The first-order chi connectivity index (χ1) is 9.36. The highest BCUT2D eigenvalue weighted by atomic mass is 32.1. The summed E-state index contributed by atoms with van der Waals surface area (Å²) in [5.74, 6) is 0.717. The quantitative estimate of drug-likeness (QED) is 0.673. The SMILES string of the molecule is CCc1cc(C2=CCC(c3ccccc3)CC2)cs1. The minimum Gasteiger partial charge on any atom is -0.148 e. The molecular formula is C18H20S. The highest BCUT2D eigenvalue weighted by Gasteiger charge is 2.17. The molecule has 0 N–H and O–H groups in total. The topological polar surface area (TPSA) is 0 Å². The maximum atomic E-state index is 2.46. The van der Waals surface area contributed by atoms with Gasteiger partial charge in [0.15, 0.2) is 0 Å². The van der Waals surface area contributed by atoms with Crippen molar-refractivity contribution >= 4 is 16.9 Å². The number of benzene rings is 1. The Bertz CT molecular complexity index is 562. The molecule has 1 heterocycles. The van der Waals surface area contributed by atoms with Gasteiger partial charge in [-0.25, -0.2) is 0 Å². The molecule has 1 aromatic carbocycles. The number of hydrogen-bond donors (Lipinski definition) is 0. The maximum Gasteiger partial charge on any atom is 0.00487 e. The lowest BCUT2D eigenvalue weighted by atomic mass is 9.83. The van der Waals surface area contributed by atoms with Crippen molar-refractivity contribution in [3.05, 3.63) is 63.9 Å². The van der Waals surface area contributed by atoms with Crippen LogP contribution in [-0.4, -0.2) is 0 Å². The molecule has 1 atom stereocenters. The second-order valence-corrected chi connectivity index (χ2v) is 6.26. The third-order valence-electron chi connectivity index (χ3n) is 4.05. The van der Waals surface area contributed by atoms with E-state index >= 15 is 0 Å². The van der Waals surface area contributed by atoms with Crippen LogP contribution in [0.25, 0.3) is 5.57 Å². The molecule has 98 valence electrons. The van der Waals surface area contributed by atoms with Crippen LogP contribution in [0.4, 0.5) is 0 Å². The van der Waals surface area contributed by atoms with Crippen molar-refractivity contribution in [2.24, 2.45) is 0 Å². The first kappa shape index (κ1) is 12.7. The Balaban J connectivity index is 1.73. The highest BCUT2D eigenvalue weighted by molar-refractivity contribution is 7.10. The van der Waals surface area contributed by atoms with Gasteiger partial charge in [0, 0.05) is 4.88 Å². The van der Waals surface area contributed by atoms with E-state index in [0.717, 1.165) is 6.42 Å². The lowest BCUT2D eigenvalue weighted by Gasteiger charge is -2.22. The molecule has 0 saturated heterocycles. The molecule has 1 unspecified atom stereocenters. The van der Waals surface area contributed by atoms with E-state index in [9.17, 15) is 0 Å². The molecule has 1 heteroatoms. The third kappa shape index (κ3) is 2.82. The van der Waals surface area contributed by atoms with Crippen molar-refractivity contribution in [1.29, 1.82) is 0 Å². The molecule has 0 saturated carbocycles. The summed E-state index contributed by atoms with van der Waals surface area (Å²) in [6.45, 7) is 2.23. The van der Waals surface area contributed by atoms with Gasteiger partial charge in [-0.1, -0.05) is 43.3 Å². The van der Waals surface area contributed by atoms with Crippen LogP contribution in [0, 0.1) is 0 Å². The standard InChI is InChI=1S/C18H20S/c1-2-18-12-17(13-19-18)16-10-8-15(9-11-16)14-6-4-3-5-7-14/h3-7,10,12-13,15H,2,8-9,11H2,1H3. The minimum atomic E-state index is 0.717. The van der Waals surface area contributed by atoms with E-state index in [1.54, 1.807) is 5.57 Å². The average molecular weight is 268 g/mol. The average Bonchev–Trinajstić information content (AvgIpc) is 2.97. The van der Waals surface area contributed by atoms with Gasteiger partial charge in [-0.05, 0) is 59.7 Å². The van der Waals surface area contributed by atoms with E-state index in [0.29, 0.717) is 5.92 Å². The Kier molecular flexibility index (Phi) is 3.84. The van der Waals surface area contributed by atoms with Gasteiger partial charge in [-0.15, -0.1) is 11.3 Å². The second kappa shape index (κ2) is 5.75. The summed E-state index contributed by atoms with van der Waals surface area (Å²) in [6, 6.07) is 13.3. The Labute approximate surface area is 119 Å². The van der Waals surface area contributed by atoms with Gasteiger partial charge >= 0.3 is 0 Å². The molecule has 19 heavy (non-hydrogen) atoms. The van der Waals surface area contributed by atoms with Gasteiger partial charge in [-0.3, -0.25) is 0 Å². The van der Waals surface area contributed by atoms with Crippen LogP contribution in [0.3, 0.4) is 0 Å². The lowest BCUT2D eigenvalue weighted by Crippen LogP contribution is -2.03. The van der Waals surface area contributed by atoms with Gasteiger partial charge < -0.3 is 0 Å². The molecule has 1 aliphatic rings. The molecule has 0 aliphatic heterocycles. The Morgan fingerprint density at radius 2 is 2.05 bits per heavy atom. The lowest BCUT2D eigenvalue weighted by molar-refractivity contribution is 0.626. The fourth-order valence-electron chi connectivity index (χ4n) is 2.86. The number of rotatable bonds is 3. The highest BCUT2D eigenvalue weighted by Crippen LogP contribution is 2.37. The summed E-state index contributed by atoms with van der Waals surface area (Å²) in [5, 5.41) is 2.33. The molecule has 0 nitrogen and oxygen atoms in total. The normalized spacial score (nSPS) is 19.2. The van der Waals surface area contributed by atoms with Crippen LogP contribution >= 0.6 is 11.3 Å². The molecular weight excluding hydrogens is 248 g/mol. The van der Waals surface area contributed by atoms with E-state index in [2.05, 4.69) is 54.8 Å². The zero-order valence-corrected chi connectivity index (χ0v) is 12.2. The summed E-state index contributed by atoms with van der Waals surface area (Å²) in [7, 11) is 0. The summed E-state index contributed by atoms with van der Waals surface area (Å²) >= 11 is 1.90. The fourth-order valence-corrected chi connectivity index (χ4v) is 3.72. The zero-order valence-electron chi connectivity index (χ0n) is 11.4. The van der Waals surface area contributed by atoms with Crippen LogP contribution in [0.15, 0.2) is 47.9 Å². The van der Waals surface area contributed by atoms with Crippen LogP contribution < -0.4 is 0 Å². The number of aryl methyl sites for hydroxylation is 1. The van der Waals surface area contributed by atoms with Gasteiger partial charge in [0.05, 0.1) is 0 Å². The minimum absolute atomic E-state index is 0.717. The van der Waals surface area contributed by atoms with E-state index in [-0.39, 0.29) is 0 Å². The van der Waals surface area contributed by atoms with Crippen LogP contribution in [-0.2, 0) is 6.42 Å². The summed E-state index contributed by atoms with van der Waals surface area (Å²) in [5.41, 5.74) is 4.52. The molecule has 0 fully saturated rings. The summed E-state index contributed by atoms with van der Waals surface area (Å²) < 4.78 is 0. The van der Waals surface area contributed by atoms with Crippen molar-refractivity contribution in [3.63, 3.8) is 0 Å². The Hall–Kier alpha value is -1.34. The van der Waals surface area contributed by atoms with E-state index in [4.69, 9.17) is 0 Å². The van der Waals surface area contributed by atoms with Crippen LogP contribution in [0.1, 0.15) is 48.1 Å². The first-order valence-corrected chi connectivity index (χ1v) is 8.06. The van der Waals surface area contributed by atoms with Crippen molar-refractivity contribution in [2.45, 2.75) is 38.5 Å². The van der Waals surface area contributed by atoms with Gasteiger partial charge in [0.2, 0.25) is 0 Å². The smallest absolute Gasteiger partial charge is 0.00487 e. The summed E-state index contributed by atoms with van der Waals surface area (Å²) in [6.07, 6.45) is 7.32. The molecule has 0 bridgehead atoms. The zero-order chi connectivity index (χ0) is 13.1. The maximum absolute atomic E-state index is 2.46. The number of hydrogen-bond acceptors (Lipinski definition) is 1. The Morgan fingerprint density at radius 3 is 2.68 bits per heavy atom. The second-order valence-electron chi connectivity index (χ2n) is 5.27. The Morgan fingerprint density at radius 1 is 1.21 bits per heavy atom. The third-order valence-corrected chi connectivity index (χ3v) is 5.14. The molecule has 0 spiro atoms. The molecule has 1 aromatic heterocycles. The fraction of sp³-hybridized carbons (Fsp3) is 0.333. The molecule has 3 rings (SSSR count). The molecule has 0 radical (unpaired) electrons. The van der Waals surface area contributed by atoms with Crippen molar-refractivity contribution in [1.82, 2.24) is 0 Å². The van der Waals surface area contributed by atoms with E-state index in [1.165, 1.54) is 35.3 Å². The number of thiophene rings is 1. The van der Waals surface area contributed by atoms with Gasteiger partial charge in [-0.2, -0.15) is 0 Å². The predicted molar refractivity (Wildman–Crippen MR) is 84.7 cm³/mol. The van der Waals surface area contributed by atoms with Gasteiger partial charge in [0.25, 0.3) is 0 Å². The van der Waals surface area contributed by atoms with Crippen molar-refractivity contribution < 1.29 is 0 Å². The van der Waals surface area contributed by atoms with Crippen LogP contribution in [0.5, 0.6) is 0 Å². The van der Waals surface area contributed by atoms with Crippen molar-refractivity contribution in [3.8, 4) is 0 Å². The largest absolute Gasteiger partial charge is 0.148 e. The van der Waals surface area contributed by atoms with E-state index in [1.807, 2.05) is 11.3 Å². The van der Waals surface area contributed by atoms with Crippen molar-refractivity contribution in [2.75, 3.05) is 0 Å². The number of allylic oxidation sites excluding steroid dienone is 2. The summed E-state index contributed by atoms with van der Waals surface area (Å²) in [4.78, 5) is 1.50.